The molecule has 1 fully saturated rings. The first-order valence-corrected chi connectivity index (χ1v) is 11.6. The highest BCUT2D eigenvalue weighted by Crippen LogP contribution is 2.33. The van der Waals surface area contributed by atoms with Gasteiger partial charge >= 0.3 is 6.09 Å². The summed E-state index contributed by atoms with van der Waals surface area (Å²) in [6.45, 7) is 16.6. The number of carbonyl (C=O) groups excluding carboxylic acids is 2. The normalized spacial score (nSPS) is 23.2. The lowest BCUT2D eigenvalue weighted by Gasteiger charge is -2.33. The van der Waals surface area contributed by atoms with Gasteiger partial charge in [0.05, 0.1) is 6.54 Å². The Hall–Kier alpha value is -1.08. The molecule has 0 aromatic heterocycles. The van der Waals surface area contributed by atoms with Crippen LogP contribution in [-0.2, 0) is 14.1 Å². The van der Waals surface area contributed by atoms with Gasteiger partial charge in [0, 0.05) is 0 Å². The molecule has 140 valence electrons. The molecule has 2 atom stereocenters. The van der Waals surface area contributed by atoms with E-state index in [4.69, 9.17) is 9.26 Å². The molecule has 0 saturated carbocycles. The molecule has 1 saturated heterocycles. The molecule has 0 aromatic rings. The summed E-state index contributed by atoms with van der Waals surface area (Å²) >= 11 is 0. The van der Waals surface area contributed by atoms with Gasteiger partial charge in [-0.05, 0) is 58.0 Å². The number of ether oxygens (including phenoxy) is 1. The average molecular weight is 359 g/mol. The third-order valence-corrected chi connectivity index (χ3v) is 4.66. The minimum absolute atomic E-state index is 0.0707. The minimum Gasteiger partial charge on any atom is -0.444 e. The van der Waals surface area contributed by atoms with Gasteiger partial charge in [0.1, 0.15) is 11.6 Å². The Bertz CT molecular complexity index is 454. The predicted molar refractivity (Wildman–Crippen MR) is 97.0 cm³/mol. The third kappa shape index (κ3) is 6.81. The average Bonchev–Trinajstić information content (AvgIpc) is 2.48. The van der Waals surface area contributed by atoms with Crippen molar-refractivity contribution in [3.05, 3.63) is 0 Å². The van der Waals surface area contributed by atoms with Gasteiger partial charge < -0.3 is 14.6 Å². The van der Waals surface area contributed by atoms with Crippen molar-refractivity contribution in [3.63, 3.8) is 0 Å². The molecule has 1 rings (SSSR count). The van der Waals surface area contributed by atoms with Crippen molar-refractivity contribution in [1.82, 2.24) is 10.4 Å². The summed E-state index contributed by atoms with van der Waals surface area (Å²) in [5.74, 6) is 0.147. The van der Waals surface area contributed by atoms with Crippen LogP contribution in [0.3, 0.4) is 0 Å². The van der Waals surface area contributed by atoms with E-state index >= 15 is 0 Å². The number of hydrogen-bond donors (Lipinski definition) is 1. The molecule has 1 heterocycles. The molecule has 0 radical (unpaired) electrons. The molecule has 1 N–H and O–H groups in total. The standard InChI is InChI=1S/C17H34N2O4Si/c1-16(2,3)12-9-10-13(18-15(21)22-17(4,5)6)14(20)19(11-12)23-24(7)8/h12-13,24H,9-11H2,1-8H3,(H,18,21)/t12-,13-/m0/s1. The van der Waals surface area contributed by atoms with Crippen LogP contribution >= 0.6 is 0 Å². The topological polar surface area (TPSA) is 67.9 Å². The Morgan fingerprint density at radius 1 is 1.17 bits per heavy atom. The monoisotopic (exact) mass is 358 g/mol. The molecule has 1 aliphatic heterocycles. The van der Waals surface area contributed by atoms with Crippen molar-refractivity contribution in [1.29, 1.82) is 0 Å². The van der Waals surface area contributed by atoms with E-state index in [0.29, 0.717) is 18.9 Å². The van der Waals surface area contributed by atoms with E-state index in [0.717, 1.165) is 6.42 Å². The molecule has 0 bridgehead atoms. The van der Waals surface area contributed by atoms with Crippen LogP contribution in [0.25, 0.3) is 0 Å². The number of rotatable bonds is 3. The first-order chi connectivity index (χ1) is 10.8. The second-order valence-corrected chi connectivity index (χ2v) is 11.2. The molecule has 0 aliphatic carbocycles. The molecule has 24 heavy (non-hydrogen) atoms. The van der Waals surface area contributed by atoms with Gasteiger partial charge in [0.2, 0.25) is 9.04 Å². The number of amides is 2. The van der Waals surface area contributed by atoms with Crippen LogP contribution in [0.15, 0.2) is 0 Å². The fourth-order valence-electron chi connectivity index (χ4n) is 2.69. The second kappa shape index (κ2) is 7.87. The highest BCUT2D eigenvalue weighted by molar-refractivity contribution is 6.48. The zero-order chi connectivity index (χ0) is 18.7. The van der Waals surface area contributed by atoms with Crippen LogP contribution in [0.4, 0.5) is 4.79 Å². The fraction of sp³-hybridized carbons (Fsp3) is 0.882. The van der Waals surface area contributed by atoms with Gasteiger partial charge in [-0.3, -0.25) is 4.79 Å². The lowest BCUT2D eigenvalue weighted by molar-refractivity contribution is -0.162. The lowest BCUT2D eigenvalue weighted by Crippen LogP contribution is -2.50. The van der Waals surface area contributed by atoms with Gasteiger partial charge in [-0.25, -0.2) is 9.86 Å². The number of carbonyl (C=O) groups is 2. The zero-order valence-electron chi connectivity index (χ0n) is 16.4. The van der Waals surface area contributed by atoms with Gasteiger partial charge in [0.25, 0.3) is 5.91 Å². The smallest absolute Gasteiger partial charge is 0.408 e. The van der Waals surface area contributed by atoms with Crippen molar-refractivity contribution < 1.29 is 18.9 Å². The van der Waals surface area contributed by atoms with Crippen LogP contribution in [0.1, 0.15) is 54.4 Å². The van der Waals surface area contributed by atoms with Gasteiger partial charge in [0.15, 0.2) is 0 Å². The van der Waals surface area contributed by atoms with Crippen molar-refractivity contribution in [3.8, 4) is 0 Å². The maximum atomic E-state index is 12.8. The first kappa shape index (κ1) is 21.0. The summed E-state index contributed by atoms with van der Waals surface area (Å²) in [6, 6.07) is -0.597. The van der Waals surface area contributed by atoms with E-state index in [1.165, 1.54) is 5.06 Å². The Balaban J connectivity index is 2.89. The highest BCUT2D eigenvalue weighted by atomic mass is 28.3. The number of nitrogens with one attached hydrogen (secondary N) is 1. The van der Waals surface area contributed by atoms with E-state index in [1.54, 1.807) is 20.8 Å². The Morgan fingerprint density at radius 2 is 1.75 bits per heavy atom. The quantitative estimate of drug-likeness (QED) is 0.787. The summed E-state index contributed by atoms with van der Waals surface area (Å²) in [4.78, 5) is 24.9. The Morgan fingerprint density at radius 3 is 2.21 bits per heavy atom. The van der Waals surface area contributed by atoms with Crippen molar-refractivity contribution in [2.75, 3.05) is 6.54 Å². The van der Waals surface area contributed by atoms with E-state index < -0.39 is 26.8 Å². The molecule has 1 aliphatic rings. The number of nitrogens with zero attached hydrogens (tertiary/aromatic N) is 1. The van der Waals surface area contributed by atoms with Gasteiger partial charge in [-0.2, -0.15) is 0 Å². The molecule has 0 unspecified atom stereocenters. The maximum Gasteiger partial charge on any atom is 0.408 e. The van der Waals surface area contributed by atoms with Crippen molar-refractivity contribution in [2.45, 2.75) is 79.1 Å². The van der Waals surface area contributed by atoms with Gasteiger partial charge in [-0.15, -0.1) is 0 Å². The number of hydroxylamine groups is 2. The Labute approximate surface area is 147 Å². The highest BCUT2D eigenvalue weighted by Gasteiger charge is 2.37. The molecular formula is C17H34N2O4Si. The van der Waals surface area contributed by atoms with Crippen LogP contribution in [-0.4, -0.2) is 44.3 Å². The van der Waals surface area contributed by atoms with Crippen LogP contribution in [0.5, 0.6) is 0 Å². The van der Waals surface area contributed by atoms with Crippen LogP contribution < -0.4 is 5.32 Å². The molecule has 6 nitrogen and oxygen atoms in total. The van der Waals surface area contributed by atoms with Crippen molar-refractivity contribution >= 4 is 21.0 Å². The van der Waals surface area contributed by atoms with E-state index in [2.05, 4.69) is 26.1 Å². The third-order valence-electron chi connectivity index (χ3n) is 3.99. The molecule has 7 heteroatoms. The molecule has 2 amide bonds. The molecular weight excluding hydrogens is 324 g/mol. The fourth-order valence-corrected chi connectivity index (χ4v) is 3.39. The largest absolute Gasteiger partial charge is 0.444 e. The summed E-state index contributed by atoms with van der Waals surface area (Å²) in [5.41, 5.74) is -0.520. The van der Waals surface area contributed by atoms with Crippen molar-refractivity contribution in [2.24, 2.45) is 11.3 Å². The summed E-state index contributed by atoms with van der Waals surface area (Å²) in [5, 5.41) is 4.21. The number of alkyl carbamates (subject to hydrolysis) is 1. The summed E-state index contributed by atoms with van der Waals surface area (Å²) in [6.07, 6.45) is 0.895. The van der Waals surface area contributed by atoms with E-state index in [-0.39, 0.29) is 11.3 Å². The Kier molecular flexibility index (Phi) is 6.87. The van der Waals surface area contributed by atoms with Gasteiger partial charge in [-0.1, -0.05) is 20.8 Å². The number of hydrogen-bond acceptors (Lipinski definition) is 4. The molecule has 0 aromatic carbocycles. The van der Waals surface area contributed by atoms with Crippen LogP contribution in [0, 0.1) is 11.3 Å². The zero-order valence-corrected chi connectivity index (χ0v) is 17.6. The lowest BCUT2D eigenvalue weighted by atomic mass is 9.78. The first-order valence-electron chi connectivity index (χ1n) is 8.77. The van der Waals surface area contributed by atoms with E-state index in [9.17, 15) is 9.59 Å². The van der Waals surface area contributed by atoms with E-state index in [1.807, 2.05) is 13.1 Å². The summed E-state index contributed by atoms with van der Waals surface area (Å²) in [7, 11) is -1.42. The molecule has 0 spiro atoms. The summed E-state index contributed by atoms with van der Waals surface area (Å²) < 4.78 is 11.1. The second-order valence-electron chi connectivity index (χ2n) is 8.89. The van der Waals surface area contributed by atoms with Crippen LogP contribution in [0.2, 0.25) is 13.1 Å². The minimum atomic E-state index is -1.42. The predicted octanol–water partition coefficient (Wildman–Crippen LogP) is 3.08. The SMILES string of the molecule is C[SiH](C)ON1C[C@@H](C(C)(C)C)CC[C@H](NC(=O)OC(C)(C)C)C1=O. The maximum absolute atomic E-state index is 12.8.